The van der Waals surface area contributed by atoms with E-state index in [1.54, 1.807) is 6.92 Å². The lowest BCUT2D eigenvalue weighted by molar-refractivity contribution is -0.386. The zero-order valence-corrected chi connectivity index (χ0v) is 12.1. The second kappa shape index (κ2) is 6.20. The van der Waals surface area contributed by atoms with Crippen molar-refractivity contribution >= 4 is 11.7 Å². The normalized spacial score (nSPS) is 11.9. The summed E-state index contributed by atoms with van der Waals surface area (Å²) in [5, 5.41) is 10.9. The number of nitrogens with zero attached hydrogens (tertiary/aromatic N) is 1. The Balaban J connectivity index is 3.20. The van der Waals surface area contributed by atoms with Gasteiger partial charge in [-0.1, -0.05) is 0 Å². The van der Waals surface area contributed by atoms with E-state index in [1.807, 2.05) is 0 Å². The molecule has 1 rings (SSSR count). The third-order valence-corrected chi connectivity index (χ3v) is 2.62. The van der Waals surface area contributed by atoms with Crippen molar-refractivity contribution in [1.29, 1.82) is 0 Å². The van der Waals surface area contributed by atoms with Crippen molar-refractivity contribution in [3.8, 4) is 5.75 Å². The zero-order chi connectivity index (χ0) is 17.1. The number of carbonyl (C=O) groups is 1. The number of alkyl halides is 3. The molecular formula is C13H14F3NO5. The van der Waals surface area contributed by atoms with Gasteiger partial charge in [-0.3, -0.25) is 10.1 Å². The molecule has 0 saturated carbocycles. The molecule has 22 heavy (non-hydrogen) atoms. The first-order chi connectivity index (χ1) is 9.99. The van der Waals surface area contributed by atoms with Crippen LogP contribution in [-0.2, 0) is 15.7 Å². The molecule has 1 aromatic rings. The van der Waals surface area contributed by atoms with E-state index in [9.17, 15) is 28.1 Å². The Morgan fingerprint density at radius 3 is 2.36 bits per heavy atom. The minimum absolute atomic E-state index is 0.0702. The lowest BCUT2D eigenvalue weighted by Crippen LogP contribution is -2.39. The molecule has 0 spiro atoms. The van der Waals surface area contributed by atoms with Gasteiger partial charge in [-0.05, 0) is 32.9 Å². The predicted octanol–water partition coefficient (Wildman–Crippen LogP) is 3.33. The van der Waals surface area contributed by atoms with E-state index in [0.29, 0.717) is 12.1 Å². The molecule has 0 aromatic heterocycles. The molecule has 0 aliphatic carbocycles. The lowest BCUT2D eigenvalue weighted by atomic mass is 10.1. The summed E-state index contributed by atoms with van der Waals surface area (Å²) < 4.78 is 47.7. The van der Waals surface area contributed by atoms with Gasteiger partial charge in [-0.25, -0.2) is 4.79 Å². The van der Waals surface area contributed by atoms with Crippen molar-refractivity contribution in [2.24, 2.45) is 0 Å². The molecule has 0 aliphatic heterocycles. The summed E-state index contributed by atoms with van der Waals surface area (Å²) in [6, 6.07) is 1.81. The Kier molecular flexibility index (Phi) is 5.00. The molecule has 0 amide bonds. The van der Waals surface area contributed by atoms with Gasteiger partial charge in [0.15, 0.2) is 5.75 Å². The summed E-state index contributed by atoms with van der Waals surface area (Å²) in [5.41, 5.74) is -3.65. The average molecular weight is 321 g/mol. The average Bonchev–Trinajstić information content (AvgIpc) is 2.37. The molecule has 0 saturated heterocycles. The van der Waals surface area contributed by atoms with E-state index in [2.05, 4.69) is 0 Å². The fraction of sp³-hybridized carbons (Fsp3) is 0.462. The SMILES string of the molecule is CCOC(=O)C(C)(C)Oc1ccc(C(F)(F)F)cc1[N+](=O)[O-]. The van der Waals surface area contributed by atoms with E-state index in [4.69, 9.17) is 9.47 Å². The van der Waals surface area contributed by atoms with Gasteiger partial charge < -0.3 is 9.47 Å². The van der Waals surface area contributed by atoms with Gasteiger partial charge in [0, 0.05) is 6.07 Å². The van der Waals surface area contributed by atoms with Crippen molar-refractivity contribution in [2.45, 2.75) is 32.5 Å². The van der Waals surface area contributed by atoms with E-state index in [-0.39, 0.29) is 6.61 Å². The minimum Gasteiger partial charge on any atom is -0.469 e. The molecule has 0 radical (unpaired) electrons. The molecule has 0 heterocycles. The van der Waals surface area contributed by atoms with Crippen molar-refractivity contribution < 1.29 is 32.4 Å². The van der Waals surface area contributed by atoms with Crippen LogP contribution in [0, 0.1) is 10.1 Å². The Bertz CT molecular complexity index is 584. The second-order valence-electron chi connectivity index (χ2n) is 4.77. The molecule has 0 atom stereocenters. The Hall–Kier alpha value is -2.32. The van der Waals surface area contributed by atoms with Crippen LogP contribution < -0.4 is 4.74 Å². The first-order valence-corrected chi connectivity index (χ1v) is 6.21. The summed E-state index contributed by atoms with van der Waals surface area (Å²) in [7, 11) is 0. The number of ether oxygens (including phenoxy) is 2. The molecule has 0 N–H and O–H groups in total. The summed E-state index contributed by atoms with van der Waals surface area (Å²) in [5.74, 6) is -1.24. The summed E-state index contributed by atoms with van der Waals surface area (Å²) >= 11 is 0. The number of hydrogen-bond acceptors (Lipinski definition) is 5. The predicted molar refractivity (Wildman–Crippen MR) is 69.4 cm³/mol. The first kappa shape index (κ1) is 17.7. The lowest BCUT2D eigenvalue weighted by Gasteiger charge is -2.24. The zero-order valence-electron chi connectivity index (χ0n) is 12.1. The quantitative estimate of drug-likeness (QED) is 0.472. The van der Waals surface area contributed by atoms with Crippen molar-refractivity contribution in [1.82, 2.24) is 0 Å². The number of nitro groups is 1. The molecule has 0 bridgehead atoms. The number of benzene rings is 1. The fourth-order valence-electron chi connectivity index (χ4n) is 1.54. The van der Waals surface area contributed by atoms with Crippen LogP contribution in [0.3, 0.4) is 0 Å². The first-order valence-electron chi connectivity index (χ1n) is 6.21. The molecule has 0 fully saturated rings. The Morgan fingerprint density at radius 1 is 1.32 bits per heavy atom. The van der Waals surface area contributed by atoms with Gasteiger partial charge in [0.1, 0.15) is 0 Å². The van der Waals surface area contributed by atoms with Gasteiger partial charge in [-0.2, -0.15) is 13.2 Å². The summed E-state index contributed by atoms with van der Waals surface area (Å²) in [6.07, 6.45) is -4.72. The van der Waals surface area contributed by atoms with E-state index in [1.165, 1.54) is 13.8 Å². The van der Waals surface area contributed by atoms with Crippen molar-refractivity contribution in [2.75, 3.05) is 6.61 Å². The number of rotatable bonds is 5. The van der Waals surface area contributed by atoms with Gasteiger partial charge in [-0.15, -0.1) is 0 Å². The summed E-state index contributed by atoms with van der Waals surface area (Å²) in [6.45, 7) is 4.23. The van der Waals surface area contributed by atoms with Gasteiger partial charge in [0.25, 0.3) is 0 Å². The molecule has 0 unspecified atom stereocenters. The highest BCUT2D eigenvalue weighted by atomic mass is 19.4. The van der Waals surface area contributed by atoms with Crippen LogP contribution in [0.5, 0.6) is 5.75 Å². The largest absolute Gasteiger partial charge is 0.469 e. The highest BCUT2D eigenvalue weighted by Crippen LogP contribution is 2.37. The van der Waals surface area contributed by atoms with Crippen LogP contribution in [0.2, 0.25) is 0 Å². The highest BCUT2D eigenvalue weighted by Gasteiger charge is 2.37. The molecule has 122 valence electrons. The van der Waals surface area contributed by atoms with Crippen LogP contribution >= 0.6 is 0 Å². The van der Waals surface area contributed by atoms with Crippen molar-refractivity contribution in [3.63, 3.8) is 0 Å². The molecule has 1 aromatic carbocycles. The number of carbonyl (C=O) groups excluding carboxylic acids is 1. The molecule has 6 nitrogen and oxygen atoms in total. The fourth-order valence-corrected chi connectivity index (χ4v) is 1.54. The maximum atomic E-state index is 12.6. The van der Waals surface area contributed by atoms with Crippen molar-refractivity contribution in [3.05, 3.63) is 33.9 Å². The standard InChI is InChI=1S/C13H14F3NO5/c1-4-21-11(18)12(2,3)22-10-6-5-8(13(14,15)16)7-9(10)17(19)20/h5-7H,4H2,1-3H3. The molecule has 0 aliphatic rings. The number of hydrogen-bond donors (Lipinski definition) is 0. The van der Waals surface area contributed by atoms with Crippen LogP contribution in [0.15, 0.2) is 18.2 Å². The maximum Gasteiger partial charge on any atom is 0.416 e. The maximum absolute atomic E-state index is 12.6. The van der Waals surface area contributed by atoms with Crippen LogP contribution in [-0.4, -0.2) is 23.1 Å². The Morgan fingerprint density at radius 2 is 1.91 bits per heavy atom. The van der Waals surface area contributed by atoms with E-state index < -0.39 is 39.7 Å². The second-order valence-corrected chi connectivity index (χ2v) is 4.77. The van der Waals surface area contributed by atoms with Crippen LogP contribution in [0.4, 0.5) is 18.9 Å². The monoisotopic (exact) mass is 321 g/mol. The number of esters is 1. The number of halogens is 3. The molecule has 9 heteroatoms. The number of nitro benzene ring substituents is 1. The smallest absolute Gasteiger partial charge is 0.416 e. The third-order valence-electron chi connectivity index (χ3n) is 2.62. The Labute approximate surface area is 124 Å². The third kappa shape index (κ3) is 4.09. The van der Waals surface area contributed by atoms with E-state index >= 15 is 0 Å². The van der Waals surface area contributed by atoms with Crippen LogP contribution in [0.25, 0.3) is 0 Å². The topological polar surface area (TPSA) is 78.7 Å². The summed E-state index contributed by atoms with van der Waals surface area (Å²) in [4.78, 5) is 21.6. The van der Waals surface area contributed by atoms with E-state index in [0.717, 1.165) is 6.07 Å². The minimum atomic E-state index is -4.72. The van der Waals surface area contributed by atoms with Crippen LogP contribution in [0.1, 0.15) is 26.3 Å². The molecular weight excluding hydrogens is 307 g/mol. The van der Waals surface area contributed by atoms with Gasteiger partial charge in [0.2, 0.25) is 5.60 Å². The van der Waals surface area contributed by atoms with Gasteiger partial charge >= 0.3 is 17.8 Å². The van der Waals surface area contributed by atoms with Gasteiger partial charge in [0.05, 0.1) is 17.1 Å². The highest BCUT2D eigenvalue weighted by molar-refractivity contribution is 5.79.